The molecule has 0 aliphatic carbocycles. The Labute approximate surface area is 130 Å². The monoisotopic (exact) mass is 318 g/mol. The molecule has 23 heavy (non-hydrogen) atoms. The Balaban J connectivity index is 2.12. The summed E-state index contributed by atoms with van der Waals surface area (Å²) in [6.45, 7) is 2.35. The number of hydrogen-bond donors (Lipinski definition) is 0. The number of hydrogen-bond acceptors (Lipinski definition) is 2. The van der Waals surface area contributed by atoms with Crippen molar-refractivity contribution >= 4 is 11.0 Å². The predicted molar refractivity (Wildman–Crippen MR) is 82.1 cm³/mol. The van der Waals surface area contributed by atoms with Crippen LogP contribution in [-0.4, -0.2) is 9.55 Å². The zero-order valence-corrected chi connectivity index (χ0v) is 12.3. The maximum Gasteiger partial charge on any atom is 0.416 e. The summed E-state index contributed by atoms with van der Waals surface area (Å²) in [7, 11) is 0. The first-order chi connectivity index (χ1) is 10.9. The van der Waals surface area contributed by atoms with Crippen LogP contribution in [0.3, 0.4) is 0 Å². The van der Waals surface area contributed by atoms with E-state index in [1.54, 1.807) is 22.8 Å². The molecule has 6 heteroatoms. The van der Waals surface area contributed by atoms with Crippen LogP contribution in [0, 0.1) is 0 Å². The van der Waals surface area contributed by atoms with E-state index in [1.807, 2.05) is 6.92 Å². The molecule has 3 nitrogen and oxygen atoms in total. The first-order valence-corrected chi connectivity index (χ1v) is 7.07. The Kier molecular flexibility index (Phi) is 3.67. The van der Waals surface area contributed by atoms with Crippen LogP contribution in [0.2, 0.25) is 0 Å². The molecule has 0 aliphatic heterocycles. The van der Waals surface area contributed by atoms with Crippen molar-refractivity contribution in [3.8, 4) is 11.1 Å². The molecule has 1 heterocycles. The standard InChI is InChI=1S/C17H13F3N2O/c1-2-22-15-9-12(5-8-14(15)21-10-16(22)23)11-3-6-13(7-4-11)17(18,19)20/h3-10H,2H2,1H3. The Morgan fingerprint density at radius 1 is 1.04 bits per heavy atom. The van der Waals surface area contributed by atoms with E-state index in [2.05, 4.69) is 4.98 Å². The second-order valence-corrected chi connectivity index (χ2v) is 5.12. The summed E-state index contributed by atoms with van der Waals surface area (Å²) in [4.78, 5) is 15.9. The number of aryl methyl sites for hydroxylation is 1. The fourth-order valence-electron chi connectivity index (χ4n) is 2.52. The minimum atomic E-state index is -4.35. The van der Waals surface area contributed by atoms with Gasteiger partial charge in [-0.15, -0.1) is 0 Å². The molecule has 118 valence electrons. The van der Waals surface area contributed by atoms with Gasteiger partial charge >= 0.3 is 6.18 Å². The molecule has 0 saturated carbocycles. The van der Waals surface area contributed by atoms with Crippen molar-refractivity contribution in [3.05, 3.63) is 64.6 Å². The number of halogens is 3. The normalized spacial score (nSPS) is 11.8. The van der Waals surface area contributed by atoms with E-state index in [9.17, 15) is 18.0 Å². The smallest absolute Gasteiger partial charge is 0.306 e. The van der Waals surface area contributed by atoms with Crippen molar-refractivity contribution in [3.63, 3.8) is 0 Å². The third-order valence-corrected chi connectivity index (χ3v) is 3.71. The summed E-state index contributed by atoms with van der Waals surface area (Å²) >= 11 is 0. The van der Waals surface area contributed by atoms with Crippen LogP contribution in [0.25, 0.3) is 22.2 Å². The third-order valence-electron chi connectivity index (χ3n) is 3.71. The Morgan fingerprint density at radius 2 is 1.70 bits per heavy atom. The highest BCUT2D eigenvalue weighted by atomic mass is 19.4. The number of benzene rings is 2. The maximum absolute atomic E-state index is 12.6. The molecule has 3 aromatic rings. The summed E-state index contributed by atoms with van der Waals surface area (Å²) < 4.78 is 39.5. The fourth-order valence-corrected chi connectivity index (χ4v) is 2.52. The van der Waals surface area contributed by atoms with Gasteiger partial charge in [-0.1, -0.05) is 18.2 Å². The van der Waals surface area contributed by atoms with Crippen LogP contribution in [-0.2, 0) is 12.7 Å². The molecule has 0 fully saturated rings. The lowest BCUT2D eigenvalue weighted by molar-refractivity contribution is -0.137. The van der Waals surface area contributed by atoms with Crippen LogP contribution in [0.1, 0.15) is 12.5 Å². The molecule has 1 aromatic heterocycles. The SMILES string of the molecule is CCn1c(=O)cnc2ccc(-c3ccc(C(F)(F)F)cc3)cc21. The van der Waals surface area contributed by atoms with E-state index in [0.29, 0.717) is 23.1 Å². The Morgan fingerprint density at radius 3 is 2.30 bits per heavy atom. The van der Waals surface area contributed by atoms with Gasteiger partial charge in [0.25, 0.3) is 5.56 Å². The second-order valence-electron chi connectivity index (χ2n) is 5.12. The maximum atomic E-state index is 12.6. The van der Waals surface area contributed by atoms with E-state index in [4.69, 9.17) is 0 Å². The van der Waals surface area contributed by atoms with Crippen molar-refractivity contribution in [1.29, 1.82) is 0 Å². The number of rotatable bonds is 2. The first-order valence-electron chi connectivity index (χ1n) is 7.07. The zero-order chi connectivity index (χ0) is 16.6. The molecule has 0 saturated heterocycles. The highest BCUT2D eigenvalue weighted by Crippen LogP contribution is 2.31. The number of aromatic nitrogens is 2. The summed E-state index contributed by atoms with van der Waals surface area (Å²) in [6.07, 6.45) is -3.09. The average Bonchev–Trinajstić information content (AvgIpc) is 2.53. The van der Waals surface area contributed by atoms with Crippen molar-refractivity contribution in [2.24, 2.45) is 0 Å². The van der Waals surface area contributed by atoms with Crippen molar-refractivity contribution in [2.45, 2.75) is 19.6 Å². The molecule has 0 N–H and O–H groups in total. The van der Waals surface area contributed by atoms with Gasteiger partial charge in [0.1, 0.15) is 0 Å². The minimum absolute atomic E-state index is 0.204. The van der Waals surface area contributed by atoms with Gasteiger partial charge in [0.05, 0.1) is 22.8 Å². The minimum Gasteiger partial charge on any atom is -0.306 e. The Hall–Kier alpha value is -2.63. The largest absolute Gasteiger partial charge is 0.416 e. The van der Waals surface area contributed by atoms with Crippen LogP contribution in [0.5, 0.6) is 0 Å². The zero-order valence-electron chi connectivity index (χ0n) is 12.3. The van der Waals surface area contributed by atoms with Gasteiger partial charge < -0.3 is 4.57 Å². The average molecular weight is 318 g/mol. The van der Waals surface area contributed by atoms with Gasteiger partial charge in [-0.3, -0.25) is 4.79 Å². The summed E-state index contributed by atoms with van der Waals surface area (Å²) in [5.41, 5.74) is 1.83. The van der Waals surface area contributed by atoms with Crippen LogP contribution in [0.4, 0.5) is 13.2 Å². The third kappa shape index (κ3) is 2.84. The molecule has 0 radical (unpaired) electrons. The predicted octanol–water partition coefficient (Wildman–Crippen LogP) is 4.10. The van der Waals surface area contributed by atoms with Gasteiger partial charge in [-0.25, -0.2) is 4.98 Å². The van der Waals surface area contributed by atoms with E-state index in [0.717, 1.165) is 17.7 Å². The Bertz CT molecular complexity index is 912. The second kappa shape index (κ2) is 5.53. The molecule has 3 rings (SSSR count). The quantitative estimate of drug-likeness (QED) is 0.713. The molecular weight excluding hydrogens is 305 g/mol. The molecule has 0 bridgehead atoms. The van der Waals surface area contributed by atoms with Crippen LogP contribution in [0.15, 0.2) is 53.5 Å². The van der Waals surface area contributed by atoms with E-state index >= 15 is 0 Å². The molecule has 0 unspecified atom stereocenters. The molecule has 0 spiro atoms. The van der Waals surface area contributed by atoms with Crippen molar-refractivity contribution in [2.75, 3.05) is 0 Å². The van der Waals surface area contributed by atoms with Gasteiger partial charge in [0.2, 0.25) is 0 Å². The fraction of sp³-hybridized carbons (Fsp3) is 0.176. The van der Waals surface area contributed by atoms with Gasteiger partial charge in [0, 0.05) is 6.54 Å². The van der Waals surface area contributed by atoms with E-state index in [-0.39, 0.29) is 5.56 Å². The highest BCUT2D eigenvalue weighted by molar-refractivity contribution is 5.81. The van der Waals surface area contributed by atoms with Crippen LogP contribution >= 0.6 is 0 Å². The van der Waals surface area contributed by atoms with E-state index < -0.39 is 11.7 Å². The van der Waals surface area contributed by atoms with Gasteiger partial charge in [-0.2, -0.15) is 13.2 Å². The van der Waals surface area contributed by atoms with E-state index in [1.165, 1.54) is 18.3 Å². The summed E-state index contributed by atoms with van der Waals surface area (Å²) in [6, 6.07) is 10.3. The topological polar surface area (TPSA) is 34.9 Å². The lowest BCUT2D eigenvalue weighted by Gasteiger charge is -2.10. The van der Waals surface area contributed by atoms with Crippen molar-refractivity contribution in [1.82, 2.24) is 9.55 Å². The number of nitrogens with zero attached hydrogens (tertiary/aromatic N) is 2. The summed E-state index contributed by atoms with van der Waals surface area (Å²) in [5.74, 6) is 0. The number of alkyl halides is 3. The highest BCUT2D eigenvalue weighted by Gasteiger charge is 2.29. The molecule has 0 amide bonds. The lowest BCUT2D eigenvalue weighted by Crippen LogP contribution is -2.19. The van der Waals surface area contributed by atoms with Crippen molar-refractivity contribution < 1.29 is 13.2 Å². The van der Waals surface area contributed by atoms with Gasteiger partial charge in [0.15, 0.2) is 0 Å². The lowest BCUT2D eigenvalue weighted by atomic mass is 10.0. The summed E-state index contributed by atoms with van der Waals surface area (Å²) in [5, 5.41) is 0. The molecular formula is C17H13F3N2O. The molecule has 0 aliphatic rings. The molecule has 2 aromatic carbocycles. The first kappa shape index (κ1) is 15.3. The van der Waals surface area contributed by atoms with Crippen LogP contribution < -0.4 is 5.56 Å². The van der Waals surface area contributed by atoms with Gasteiger partial charge in [-0.05, 0) is 42.3 Å². The molecule has 0 atom stereocenters. The number of fused-ring (bicyclic) bond motifs is 1.